The zero-order valence-electron chi connectivity index (χ0n) is 12.6. The number of rotatable bonds is 3. The predicted octanol–water partition coefficient (Wildman–Crippen LogP) is 5.08. The Morgan fingerprint density at radius 1 is 0.737 bits per heavy atom. The lowest BCUT2D eigenvalue weighted by Gasteiger charge is -2.28. The van der Waals surface area contributed by atoms with Crippen molar-refractivity contribution in [1.29, 1.82) is 0 Å². The van der Waals surface area contributed by atoms with E-state index >= 15 is 0 Å². The first kappa shape index (κ1) is 13.7. The minimum Gasteiger partial charge on any atom is -0.341 e. The Labute approximate surface area is 116 Å². The average molecular weight is 253 g/mol. The SMILES string of the molecule is CCN(c1cccc(C)c1C)c1cccc(C)c1C. The zero-order valence-corrected chi connectivity index (χ0v) is 12.6. The van der Waals surface area contributed by atoms with Gasteiger partial charge in [-0.3, -0.25) is 0 Å². The van der Waals surface area contributed by atoms with Crippen molar-refractivity contribution in [3.8, 4) is 0 Å². The Bertz CT molecular complexity index is 533. The number of aryl methyl sites for hydroxylation is 2. The van der Waals surface area contributed by atoms with Crippen molar-refractivity contribution in [2.24, 2.45) is 0 Å². The van der Waals surface area contributed by atoms with Gasteiger partial charge in [-0.15, -0.1) is 0 Å². The molecule has 0 aromatic heterocycles. The van der Waals surface area contributed by atoms with Gasteiger partial charge in [0.25, 0.3) is 0 Å². The first-order chi connectivity index (χ1) is 9.06. The van der Waals surface area contributed by atoms with Crippen molar-refractivity contribution in [3.63, 3.8) is 0 Å². The molecule has 0 saturated carbocycles. The summed E-state index contributed by atoms with van der Waals surface area (Å²) in [7, 11) is 0. The second-order valence-electron chi connectivity index (χ2n) is 5.18. The van der Waals surface area contributed by atoms with Crippen LogP contribution >= 0.6 is 0 Å². The number of hydrogen-bond acceptors (Lipinski definition) is 1. The third kappa shape index (κ3) is 2.51. The molecule has 1 nitrogen and oxygen atoms in total. The van der Waals surface area contributed by atoms with Gasteiger partial charge in [-0.05, 0) is 69.0 Å². The number of hydrogen-bond donors (Lipinski definition) is 0. The minimum atomic E-state index is 0.981. The standard InChI is InChI=1S/C18H23N/c1-6-19(17-11-7-9-13(2)15(17)4)18-12-8-10-14(3)16(18)5/h7-12H,6H2,1-5H3. The highest BCUT2D eigenvalue weighted by molar-refractivity contribution is 5.70. The van der Waals surface area contributed by atoms with Crippen LogP contribution in [0.4, 0.5) is 11.4 Å². The van der Waals surface area contributed by atoms with E-state index in [1.807, 2.05) is 0 Å². The fraction of sp³-hybridized carbons (Fsp3) is 0.333. The van der Waals surface area contributed by atoms with E-state index in [2.05, 4.69) is 75.9 Å². The summed E-state index contributed by atoms with van der Waals surface area (Å²) >= 11 is 0. The Morgan fingerprint density at radius 2 is 1.16 bits per heavy atom. The Hall–Kier alpha value is -1.76. The molecule has 2 aromatic rings. The largest absolute Gasteiger partial charge is 0.341 e. The topological polar surface area (TPSA) is 3.24 Å². The molecule has 0 spiro atoms. The van der Waals surface area contributed by atoms with Crippen LogP contribution in [0, 0.1) is 27.7 Å². The van der Waals surface area contributed by atoms with Crippen LogP contribution in [0.5, 0.6) is 0 Å². The summed E-state index contributed by atoms with van der Waals surface area (Å²) in [4.78, 5) is 2.41. The first-order valence-corrected chi connectivity index (χ1v) is 6.96. The molecule has 1 heteroatoms. The number of nitrogens with zero attached hydrogens (tertiary/aromatic N) is 1. The van der Waals surface area contributed by atoms with Crippen molar-refractivity contribution >= 4 is 11.4 Å². The van der Waals surface area contributed by atoms with Crippen LogP contribution in [0.1, 0.15) is 29.2 Å². The van der Waals surface area contributed by atoms with E-state index in [1.54, 1.807) is 0 Å². The molecule has 0 bridgehead atoms. The van der Waals surface area contributed by atoms with Crippen molar-refractivity contribution in [1.82, 2.24) is 0 Å². The molecule has 0 radical (unpaired) electrons. The second-order valence-corrected chi connectivity index (χ2v) is 5.18. The molecule has 0 unspecified atom stereocenters. The maximum absolute atomic E-state index is 2.41. The van der Waals surface area contributed by atoms with Crippen molar-refractivity contribution < 1.29 is 0 Å². The lowest BCUT2D eigenvalue weighted by atomic mass is 10.0. The average Bonchev–Trinajstić information content (AvgIpc) is 2.40. The van der Waals surface area contributed by atoms with E-state index in [0.717, 1.165) is 6.54 Å². The van der Waals surface area contributed by atoms with Gasteiger partial charge < -0.3 is 4.90 Å². The Balaban J connectivity index is 2.57. The molecule has 0 saturated heterocycles. The van der Waals surface area contributed by atoms with Gasteiger partial charge in [0, 0.05) is 17.9 Å². The number of anilines is 2. The van der Waals surface area contributed by atoms with Crippen LogP contribution in [0.15, 0.2) is 36.4 Å². The molecule has 0 aliphatic heterocycles. The summed E-state index contributed by atoms with van der Waals surface area (Å²) < 4.78 is 0. The summed E-state index contributed by atoms with van der Waals surface area (Å²) in [6.45, 7) is 12.0. The quantitative estimate of drug-likeness (QED) is 0.737. The smallest absolute Gasteiger partial charge is 0.0443 e. The van der Waals surface area contributed by atoms with Crippen LogP contribution in [0.2, 0.25) is 0 Å². The fourth-order valence-electron chi connectivity index (χ4n) is 2.53. The van der Waals surface area contributed by atoms with Gasteiger partial charge in [-0.2, -0.15) is 0 Å². The molecular weight excluding hydrogens is 230 g/mol. The van der Waals surface area contributed by atoms with Crippen LogP contribution in [-0.4, -0.2) is 6.54 Å². The minimum absolute atomic E-state index is 0.981. The highest BCUT2D eigenvalue weighted by Gasteiger charge is 2.13. The third-order valence-corrected chi connectivity index (χ3v) is 4.05. The van der Waals surface area contributed by atoms with E-state index in [0.29, 0.717) is 0 Å². The maximum atomic E-state index is 2.41. The van der Waals surface area contributed by atoms with E-state index in [-0.39, 0.29) is 0 Å². The van der Waals surface area contributed by atoms with Crippen molar-refractivity contribution in [3.05, 3.63) is 58.7 Å². The maximum Gasteiger partial charge on any atom is 0.0443 e. The monoisotopic (exact) mass is 253 g/mol. The summed E-state index contributed by atoms with van der Waals surface area (Å²) in [5, 5.41) is 0. The van der Waals surface area contributed by atoms with Gasteiger partial charge in [0.1, 0.15) is 0 Å². The molecule has 2 rings (SSSR count). The highest BCUT2D eigenvalue weighted by Crippen LogP contribution is 2.32. The molecule has 2 aromatic carbocycles. The first-order valence-electron chi connectivity index (χ1n) is 6.96. The normalized spacial score (nSPS) is 10.6. The molecule has 0 aliphatic rings. The molecule has 0 N–H and O–H groups in total. The van der Waals surface area contributed by atoms with E-state index in [9.17, 15) is 0 Å². The van der Waals surface area contributed by atoms with Crippen molar-refractivity contribution in [2.75, 3.05) is 11.4 Å². The van der Waals surface area contributed by atoms with E-state index in [1.165, 1.54) is 33.6 Å². The van der Waals surface area contributed by atoms with Crippen LogP contribution in [-0.2, 0) is 0 Å². The summed E-state index contributed by atoms with van der Waals surface area (Å²) in [5.41, 5.74) is 8.06. The molecule has 0 fully saturated rings. The van der Waals surface area contributed by atoms with Gasteiger partial charge >= 0.3 is 0 Å². The van der Waals surface area contributed by atoms with Gasteiger partial charge in [0.2, 0.25) is 0 Å². The Kier molecular flexibility index (Phi) is 3.94. The predicted molar refractivity (Wildman–Crippen MR) is 84.5 cm³/mol. The molecule has 100 valence electrons. The van der Waals surface area contributed by atoms with Gasteiger partial charge in [0.15, 0.2) is 0 Å². The van der Waals surface area contributed by atoms with Gasteiger partial charge in [0.05, 0.1) is 0 Å². The van der Waals surface area contributed by atoms with Crippen LogP contribution in [0.3, 0.4) is 0 Å². The molecule has 19 heavy (non-hydrogen) atoms. The van der Waals surface area contributed by atoms with Gasteiger partial charge in [-0.1, -0.05) is 24.3 Å². The third-order valence-electron chi connectivity index (χ3n) is 4.05. The molecular formula is C18H23N. The lowest BCUT2D eigenvalue weighted by molar-refractivity contribution is 1.00. The lowest BCUT2D eigenvalue weighted by Crippen LogP contribution is -2.18. The van der Waals surface area contributed by atoms with Crippen LogP contribution in [0.25, 0.3) is 0 Å². The van der Waals surface area contributed by atoms with Gasteiger partial charge in [-0.25, -0.2) is 0 Å². The van der Waals surface area contributed by atoms with Crippen molar-refractivity contribution in [2.45, 2.75) is 34.6 Å². The molecule has 0 amide bonds. The molecule has 0 atom stereocenters. The van der Waals surface area contributed by atoms with Crippen LogP contribution < -0.4 is 4.90 Å². The number of benzene rings is 2. The fourth-order valence-corrected chi connectivity index (χ4v) is 2.53. The highest BCUT2D eigenvalue weighted by atomic mass is 15.1. The molecule has 0 aliphatic carbocycles. The second kappa shape index (κ2) is 5.48. The summed E-state index contributed by atoms with van der Waals surface area (Å²) in [6.07, 6.45) is 0. The summed E-state index contributed by atoms with van der Waals surface area (Å²) in [6, 6.07) is 13.1. The molecule has 0 heterocycles. The Morgan fingerprint density at radius 3 is 1.53 bits per heavy atom. The summed E-state index contributed by atoms with van der Waals surface area (Å²) in [5.74, 6) is 0. The van der Waals surface area contributed by atoms with E-state index in [4.69, 9.17) is 0 Å². The van der Waals surface area contributed by atoms with E-state index < -0.39 is 0 Å². The zero-order chi connectivity index (χ0) is 14.0.